The van der Waals surface area contributed by atoms with E-state index in [1.165, 1.54) is 0 Å². The fraction of sp³-hybridized carbons (Fsp3) is 0.500. The summed E-state index contributed by atoms with van der Waals surface area (Å²) < 4.78 is 41.2. The maximum Gasteiger partial charge on any atom is 0.312 e. The van der Waals surface area contributed by atoms with E-state index in [0.29, 0.717) is 18.6 Å². The van der Waals surface area contributed by atoms with Gasteiger partial charge >= 0.3 is 5.69 Å². The monoisotopic (exact) mass is 320 g/mol. The van der Waals surface area contributed by atoms with Crippen molar-refractivity contribution in [2.24, 2.45) is 10.6 Å². The Morgan fingerprint density at radius 3 is 2.38 bits per heavy atom. The van der Waals surface area contributed by atoms with Gasteiger partial charge in [0.15, 0.2) is 5.75 Å². The van der Waals surface area contributed by atoms with Crippen LogP contribution in [0.1, 0.15) is 27.2 Å². The van der Waals surface area contributed by atoms with Crippen LogP contribution in [0, 0.1) is 21.3 Å². The minimum atomic E-state index is -4.39. The average Bonchev–Trinajstić information content (AvgIpc) is 2.24. The van der Waals surface area contributed by atoms with Crippen LogP contribution >= 0.6 is 0 Å². The summed E-state index contributed by atoms with van der Waals surface area (Å²) in [5, 5.41) is 15.7. The number of nitro groups is 1. The predicted molar refractivity (Wildman–Crippen MR) is 74.0 cm³/mol. The molecule has 0 atom stereocenters. The average molecular weight is 320 g/mol. The van der Waals surface area contributed by atoms with Gasteiger partial charge in [-0.05, 0) is 11.8 Å². The molecule has 0 spiro atoms. The highest BCUT2D eigenvalue weighted by molar-refractivity contribution is 7.89. The van der Waals surface area contributed by atoms with E-state index in [9.17, 15) is 22.9 Å². The van der Waals surface area contributed by atoms with Crippen LogP contribution in [0.15, 0.2) is 17.0 Å². The summed E-state index contributed by atoms with van der Waals surface area (Å²) >= 11 is 0. The minimum absolute atomic E-state index is 0.0616. The molecule has 0 heterocycles. The first kappa shape index (κ1) is 17.3. The van der Waals surface area contributed by atoms with Crippen molar-refractivity contribution >= 4 is 15.7 Å². The molecule has 0 aromatic heterocycles. The topological polar surface area (TPSA) is 113 Å². The maximum absolute atomic E-state index is 13.7. The van der Waals surface area contributed by atoms with Crippen LogP contribution in [0.5, 0.6) is 5.75 Å². The van der Waals surface area contributed by atoms with E-state index in [4.69, 9.17) is 9.88 Å². The molecule has 1 aromatic carbocycles. The molecule has 0 aliphatic heterocycles. The Morgan fingerprint density at radius 2 is 1.95 bits per heavy atom. The molecule has 7 nitrogen and oxygen atoms in total. The third-order valence-electron chi connectivity index (χ3n) is 2.63. The largest absolute Gasteiger partial charge is 0.487 e. The number of halogens is 1. The summed E-state index contributed by atoms with van der Waals surface area (Å²) in [4.78, 5) is 9.16. The highest BCUT2D eigenvalue weighted by atomic mass is 32.2. The summed E-state index contributed by atoms with van der Waals surface area (Å²) in [5.74, 6) is -1.51. The molecule has 0 aliphatic carbocycles. The van der Waals surface area contributed by atoms with Gasteiger partial charge in [-0.1, -0.05) is 20.8 Å². The van der Waals surface area contributed by atoms with Crippen molar-refractivity contribution in [3.8, 4) is 5.75 Å². The van der Waals surface area contributed by atoms with Crippen LogP contribution in [0.3, 0.4) is 0 Å². The first-order chi connectivity index (χ1) is 9.42. The van der Waals surface area contributed by atoms with Crippen LogP contribution in [0.25, 0.3) is 0 Å². The highest BCUT2D eigenvalue weighted by Gasteiger charge is 2.25. The Bertz CT molecular complexity index is 652. The van der Waals surface area contributed by atoms with Crippen molar-refractivity contribution in [2.45, 2.75) is 32.1 Å². The van der Waals surface area contributed by atoms with E-state index in [0.717, 1.165) is 0 Å². The Kier molecular flexibility index (Phi) is 4.90. The molecule has 9 heteroatoms. The molecule has 0 saturated carbocycles. The standard InChI is InChI=1S/C12H17FN2O5S/c1-12(2,3)4-5-20-10-6-8(13)11(21(14,18)19)7-9(10)15(16)17/h6-7H,4-5H2,1-3H3,(H2,14,18,19). The Balaban J connectivity index is 3.16. The van der Waals surface area contributed by atoms with Crippen molar-refractivity contribution < 1.29 is 22.5 Å². The van der Waals surface area contributed by atoms with Crippen molar-refractivity contribution in [1.29, 1.82) is 0 Å². The lowest BCUT2D eigenvalue weighted by Gasteiger charge is -2.18. The predicted octanol–water partition coefficient (Wildman–Crippen LogP) is 2.20. The number of ether oxygens (including phenoxy) is 1. The van der Waals surface area contributed by atoms with Gasteiger partial charge < -0.3 is 4.74 Å². The number of sulfonamides is 1. The summed E-state index contributed by atoms with van der Waals surface area (Å²) in [6.45, 7) is 6.00. The fourth-order valence-corrected chi connectivity index (χ4v) is 2.07. The zero-order valence-electron chi connectivity index (χ0n) is 11.9. The van der Waals surface area contributed by atoms with Gasteiger partial charge in [-0.15, -0.1) is 0 Å². The minimum Gasteiger partial charge on any atom is -0.487 e. The molecule has 0 radical (unpaired) electrons. The third-order valence-corrected chi connectivity index (χ3v) is 3.55. The third kappa shape index (κ3) is 4.94. The second kappa shape index (κ2) is 5.94. The van der Waals surface area contributed by atoms with Gasteiger partial charge in [0.25, 0.3) is 0 Å². The first-order valence-corrected chi connectivity index (χ1v) is 7.60. The molecular formula is C12H17FN2O5S. The molecule has 1 rings (SSSR count). The van der Waals surface area contributed by atoms with E-state index < -0.39 is 31.3 Å². The maximum atomic E-state index is 13.7. The lowest BCUT2D eigenvalue weighted by Crippen LogP contribution is -2.15. The number of nitrogens with zero attached hydrogens (tertiary/aromatic N) is 1. The number of primary sulfonamides is 1. The number of hydrogen-bond donors (Lipinski definition) is 1. The summed E-state index contributed by atoms with van der Waals surface area (Å²) in [6, 6.07) is 1.23. The number of benzene rings is 1. The van der Waals surface area contributed by atoms with Crippen LogP contribution in [0.4, 0.5) is 10.1 Å². The van der Waals surface area contributed by atoms with E-state index in [2.05, 4.69) is 0 Å². The van der Waals surface area contributed by atoms with Gasteiger partial charge in [-0.3, -0.25) is 10.1 Å². The molecule has 0 fully saturated rings. The Labute approximate surface area is 122 Å². The SMILES string of the molecule is CC(C)(C)CCOc1cc(F)c(S(N)(=O)=O)cc1[N+](=O)[O-]. The molecule has 0 bridgehead atoms. The van der Waals surface area contributed by atoms with Gasteiger partial charge in [-0.25, -0.2) is 17.9 Å². The molecule has 0 saturated heterocycles. The summed E-state index contributed by atoms with van der Waals surface area (Å²) in [7, 11) is -4.39. The molecule has 0 unspecified atom stereocenters. The van der Waals surface area contributed by atoms with E-state index >= 15 is 0 Å². The van der Waals surface area contributed by atoms with E-state index in [1.807, 2.05) is 20.8 Å². The van der Waals surface area contributed by atoms with Gasteiger partial charge in [0.1, 0.15) is 10.7 Å². The molecule has 21 heavy (non-hydrogen) atoms. The van der Waals surface area contributed by atoms with Crippen LogP contribution < -0.4 is 9.88 Å². The molecule has 0 aliphatic rings. The second-order valence-electron chi connectivity index (χ2n) is 5.71. The van der Waals surface area contributed by atoms with Gasteiger partial charge in [-0.2, -0.15) is 0 Å². The zero-order chi connectivity index (χ0) is 16.4. The normalized spacial score (nSPS) is 12.2. The fourth-order valence-electron chi connectivity index (χ4n) is 1.47. The number of hydrogen-bond acceptors (Lipinski definition) is 5. The van der Waals surface area contributed by atoms with Gasteiger partial charge in [0.05, 0.1) is 11.5 Å². The van der Waals surface area contributed by atoms with Crippen LogP contribution in [-0.4, -0.2) is 19.9 Å². The van der Waals surface area contributed by atoms with Crippen LogP contribution in [-0.2, 0) is 10.0 Å². The summed E-state index contributed by atoms with van der Waals surface area (Å²) in [5.41, 5.74) is -0.706. The number of rotatable bonds is 5. The van der Waals surface area contributed by atoms with E-state index in [1.54, 1.807) is 0 Å². The lowest BCUT2D eigenvalue weighted by molar-refractivity contribution is -0.386. The quantitative estimate of drug-likeness (QED) is 0.660. The Hall–Kier alpha value is -1.74. The second-order valence-corrected chi connectivity index (χ2v) is 7.24. The molecule has 118 valence electrons. The smallest absolute Gasteiger partial charge is 0.312 e. The highest BCUT2D eigenvalue weighted by Crippen LogP contribution is 2.32. The van der Waals surface area contributed by atoms with Crippen LogP contribution in [0.2, 0.25) is 0 Å². The first-order valence-electron chi connectivity index (χ1n) is 6.05. The van der Waals surface area contributed by atoms with Crippen molar-refractivity contribution in [1.82, 2.24) is 0 Å². The van der Waals surface area contributed by atoms with Crippen molar-refractivity contribution in [2.75, 3.05) is 6.61 Å². The van der Waals surface area contributed by atoms with Crippen molar-refractivity contribution in [3.05, 3.63) is 28.1 Å². The molecule has 2 N–H and O–H groups in total. The number of nitrogens with two attached hydrogens (primary N) is 1. The van der Waals surface area contributed by atoms with E-state index in [-0.39, 0.29) is 17.8 Å². The molecule has 1 aromatic rings. The van der Waals surface area contributed by atoms with Gasteiger partial charge in [0.2, 0.25) is 10.0 Å². The molecular weight excluding hydrogens is 303 g/mol. The van der Waals surface area contributed by atoms with Crippen molar-refractivity contribution in [3.63, 3.8) is 0 Å². The van der Waals surface area contributed by atoms with Gasteiger partial charge in [0, 0.05) is 12.1 Å². The zero-order valence-corrected chi connectivity index (χ0v) is 12.7. The Morgan fingerprint density at radius 1 is 1.38 bits per heavy atom. The number of nitro benzene ring substituents is 1. The summed E-state index contributed by atoms with van der Waals surface area (Å²) in [6.07, 6.45) is 0.586. The lowest BCUT2D eigenvalue weighted by atomic mass is 9.93. The molecule has 0 amide bonds.